The SMILES string of the molecule is CC(C)C[C@@H](O)C(N)C(N)CO. The average molecular weight is 176 g/mol. The lowest BCUT2D eigenvalue weighted by atomic mass is 9.96. The highest BCUT2D eigenvalue weighted by Gasteiger charge is 2.21. The molecule has 4 nitrogen and oxygen atoms in total. The molecule has 74 valence electrons. The van der Waals surface area contributed by atoms with Crippen molar-refractivity contribution in [1.29, 1.82) is 0 Å². The van der Waals surface area contributed by atoms with Crippen LogP contribution in [0.1, 0.15) is 20.3 Å². The first-order valence-electron chi connectivity index (χ1n) is 4.29. The number of rotatable bonds is 5. The molecule has 0 amide bonds. The van der Waals surface area contributed by atoms with Gasteiger partial charge in [0.15, 0.2) is 0 Å². The first-order chi connectivity index (χ1) is 5.49. The van der Waals surface area contributed by atoms with Crippen molar-refractivity contribution in [3.05, 3.63) is 0 Å². The molecule has 0 aliphatic carbocycles. The minimum atomic E-state index is -0.618. The smallest absolute Gasteiger partial charge is 0.0709 e. The van der Waals surface area contributed by atoms with Gasteiger partial charge in [0.05, 0.1) is 12.7 Å². The van der Waals surface area contributed by atoms with Gasteiger partial charge in [0, 0.05) is 12.1 Å². The van der Waals surface area contributed by atoms with Crippen molar-refractivity contribution in [1.82, 2.24) is 0 Å². The molecule has 0 fully saturated rings. The molecular weight excluding hydrogens is 156 g/mol. The second-order valence-corrected chi connectivity index (χ2v) is 3.62. The van der Waals surface area contributed by atoms with Crippen LogP contribution in [-0.2, 0) is 0 Å². The minimum Gasteiger partial charge on any atom is -0.395 e. The number of aliphatic hydroxyl groups is 2. The van der Waals surface area contributed by atoms with E-state index in [0.29, 0.717) is 12.3 Å². The van der Waals surface area contributed by atoms with E-state index >= 15 is 0 Å². The molecule has 0 aliphatic heterocycles. The second-order valence-electron chi connectivity index (χ2n) is 3.62. The Hall–Kier alpha value is -0.160. The number of hydrogen-bond donors (Lipinski definition) is 4. The third-order valence-electron chi connectivity index (χ3n) is 1.86. The fourth-order valence-corrected chi connectivity index (χ4v) is 1.05. The van der Waals surface area contributed by atoms with E-state index in [0.717, 1.165) is 0 Å². The summed E-state index contributed by atoms with van der Waals surface area (Å²) < 4.78 is 0. The van der Waals surface area contributed by atoms with E-state index in [1.807, 2.05) is 13.8 Å². The quantitative estimate of drug-likeness (QED) is 0.434. The summed E-state index contributed by atoms with van der Waals surface area (Å²) in [7, 11) is 0. The van der Waals surface area contributed by atoms with Crippen molar-refractivity contribution in [2.24, 2.45) is 17.4 Å². The van der Waals surface area contributed by atoms with Crippen LogP contribution in [0.15, 0.2) is 0 Å². The lowest BCUT2D eigenvalue weighted by molar-refractivity contribution is 0.0970. The van der Waals surface area contributed by atoms with Gasteiger partial charge in [0.25, 0.3) is 0 Å². The van der Waals surface area contributed by atoms with Gasteiger partial charge < -0.3 is 21.7 Å². The van der Waals surface area contributed by atoms with Gasteiger partial charge in [-0.2, -0.15) is 0 Å². The van der Waals surface area contributed by atoms with Crippen LogP contribution in [0.2, 0.25) is 0 Å². The van der Waals surface area contributed by atoms with Gasteiger partial charge in [-0.25, -0.2) is 0 Å². The van der Waals surface area contributed by atoms with E-state index in [1.165, 1.54) is 0 Å². The van der Waals surface area contributed by atoms with Gasteiger partial charge >= 0.3 is 0 Å². The molecule has 0 aromatic heterocycles. The Bertz CT molecular complexity index is 120. The van der Waals surface area contributed by atoms with Gasteiger partial charge in [-0.1, -0.05) is 13.8 Å². The molecule has 0 aromatic carbocycles. The van der Waals surface area contributed by atoms with Gasteiger partial charge in [-0.3, -0.25) is 0 Å². The van der Waals surface area contributed by atoms with Crippen LogP contribution in [0.25, 0.3) is 0 Å². The van der Waals surface area contributed by atoms with Crippen molar-refractivity contribution in [3.63, 3.8) is 0 Å². The fourth-order valence-electron chi connectivity index (χ4n) is 1.05. The summed E-state index contributed by atoms with van der Waals surface area (Å²) in [6.45, 7) is 3.82. The van der Waals surface area contributed by atoms with E-state index in [2.05, 4.69) is 0 Å². The van der Waals surface area contributed by atoms with E-state index in [9.17, 15) is 5.11 Å². The van der Waals surface area contributed by atoms with Gasteiger partial charge in [0.1, 0.15) is 0 Å². The number of nitrogens with two attached hydrogens (primary N) is 2. The zero-order valence-corrected chi connectivity index (χ0v) is 7.77. The third-order valence-corrected chi connectivity index (χ3v) is 1.86. The van der Waals surface area contributed by atoms with Gasteiger partial charge in [0.2, 0.25) is 0 Å². The van der Waals surface area contributed by atoms with Gasteiger partial charge in [-0.15, -0.1) is 0 Å². The first-order valence-corrected chi connectivity index (χ1v) is 4.29. The maximum absolute atomic E-state index is 9.47. The first kappa shape index (κ1) is 11.8. The number of hydrogen-bond acceptors (Lipinski definition) is 4. The topological polar surface area (TPSA) is 92.5 Å². The zero-order chi connectivity index (χ0) is 9.72. The highest BCUT2D eigenvalue weighted by molar-refractivity contribution is 4.82. The molecular formula is C8H20N2O2. The zero-order valence-electron chi connectivity index (χ0n) is 7.77. The summed E-state index contributed by atoms with van der Waals surface area (Å²) in [4.78, 5) is 0. The standard InChI is InChI=1S/C8H20N2O2/c1-5(2)3-7(12)8(10)6(9)4-11/h5-8,11-12H,3-4,9-10H2,1-2H3/t6?,7-,8?/m1/s1. The Balaban J connectivity index is 3.83. The molecule has 0 saturated heterocycles. The van der Waals surface area contributed by atoms with Crippen molar-refractivity contribution >= 4 is 0 Å². The minimum absolute atomic E-state index is 0.184. The van der Waals surface area contributed by atoms with Crippen LogP contribution in [0, 0.1) is 5.92 Å². The number of aliphatic hydroxyl groups excluding tert-OH is 2. The summed E-state index contributed by atoms with van der Waals surface area (Å²) >= 11 is 0. The van der Waals surface area contributed by atoms with Crippen LogP contribution < -0.4 is 11.5 Å². The molecule has 0 rings (SSSR count). The van der Waals surface area contributed by atoms with E-state index in [-0.39, 0.29) is 6.61 Å². The summed E-state index contributed by atoms with van der Waals surface area (Å²) in [5, 5.41) is 18.1. The van der Waals surface area contributed by atoms with Gasteiger partial charge in [-0.05, 0) is 12.3 Å². The molecule has 0 spiro atoms. The van der Waals surface area contributed by atoms with Crippen LogP contribution in [0.4, 0.5) is 0 Å². The highest BCUT2D eigenvalue weighted by atomic mass is 16.3. The van der Waals surface area contributed by atoms with Crippen molar-refractivity contribution < 1.29 is 10.2 Å². The maximum atomic E-state index is 9.47. The fraction of sp³-hybridized carbons (Fsp3) is 1.00. The predicted octanol–water partition coefficient (Wildman–Crippen LogP) is -0.960. The molecule has 2 unspecified atom stereocenters. The van der Waals surface area contributed by atoms with Crippen LogP contribution >= 0.6 is 0 Å². The largest absolute Gasteiger partial charge is 0.395 e. The molecule has 4 heteroatoms. The van der Waals surface area contributed by atoms with Crippen molar-refractivity contribution in [2.75, 3.05) is 6.61 Å². The Morgan fingerprint density at radius 3 is 2.08 bits per heavy atom. The lowest BCUT2D eigenvalue weighted by Gasteiger charge is -2.24. The monoisotopic (exact) mass is 176 g/mol. The predicted molar refractivity (Wildman–Crippen MR) is 48.5 cm³/mol. The Kier molecular flexibility index (Phi) is 5.41. The summed E-state index contributed by atoms with van der Waals surface area (Å²) in [6.07, 6.45) is 0.00153. The summed E-state index contributed by atoms with van der Waals surface area (Å²) in [5.74, 6) is 0.386. The maximum Gasteiger partial charge on any atom is 0.0709 e. The Morgan fingerprint density at radius 2 is 1.75 bits per heavy atom. The van der Waals surface area contributed by atoms with Crippen LogP contribution in [0.5, 0.6) is 0 Å². The molecule has 6 N–H and O–H groups in total. The summed E-state index contributed by atoms with van der Waals surface area (Å²) in [5.41, 5.74) is 11.0. The Labute approximate surface area is 73.6 Å². The van der Waals surface area contributed by atoms with Crippen LogP contribution in [0.3, 0.4) is 0 Å². The van der Waals surface area contributed by atoms with Crippen LogP contribution in [-0.4, -0.2) is 35.0 Å². The molecule has 12 heavy (non-hydrogen) atoms. The molecule has 0 saturated carbocycles. The van der Waals surface area contributed by atoms with E-state index in [1.54, 1.807) is 0 Å². The molecule has 0 heterocycles. The summed E-state index contributed by atoms with van der Waals surface area (Å²) in [6, 6.07) is -1.06. The normalized spacial score (nSPS) is 19.2. The molecule has 0 aliphatic rings. The molecule has 0 bridgehead atoms. The van der Waals surface area contributed by atoms with E-state index < -0.39 is 18.2 Å². The highest BCUT2D eigenvalue weighted by Crippen LogP contribution is 2.08. The van der Waals surface area contributed by atoms with E-state index in [4.69, 9.17) is 16.6 Å². The third kappa shape index (κ3) is 4.01. The average Bonchev–Trinajstić information content (AvgIpc) is 2.00. The van der Waals surface area contributed by atoms with Crippen molar-refractivity contribution in [3.8, 4) is 0 Å². The molecule has 0 radical (unpaired) electrons. The van der Waals surface area contributed by atoms with Crippen molar-refractivity contribution in [2.45, 2.75) is 38.5 Å². The molecule has 3 atom stereocenters. The Morgan fingerprint density at radius 1 is 1.25 bits per heavy atom. The lowest BCUT2D eigenvalue weighted by Crippen LogP contribution is -2.51. The molecule has 0 aromatic rings. The second kappa shape index (κ2) is 5.48.